The lowest BCUT2D eigenvalue weighted by atomic mass is 10.2. The molecule has 1 aliphatic rings. The number of rotatable bonds is 4. The highest BCUT2D eigenvalue weighted by molar-refractivity contribution is 7.89. The summed E-state index contributed by atoms with van der Waals surface area (Å²) in [5.74, 6) is -0.762. The lowest BCUT2D eigenvalue weighted by molar-refractivity contribution is 0.0996. The van der Waals surface area contributed by atoms with Crippen LogP contribution in [0.1, 0.15) is 23.2 Å². The van der Waals surface area contributed by atoms with Gasteiger partial charge in [-0.3, -0.25) is 4.79 Å². The highest BCUT2D eigenvalue weighted by Crippen LogP contribution is 2.32. The Hall–Kier alpha value is -1.60. The Morgan fingerprint density at radius 2 is 2.00 bits per heavy atom. The zero-order valence-electron chi connectivity index (χ0n) is 8.92. The number of sulfonamides is 1. The van der Waals surface area contributed by atoms with Gasteiger partial charge in [0.25, 0.3) is 0 Å². The number of amides is 1. The van der Waals surface area contributed by atoms with E-state index in [1.54, 1.807) is 0 Å². The maximum atomic E-state index is 11.5. The van der Waals surface area contributed by atoms with Gasteiger partial charge >= 0.3 is 0 Å². The van der Waals surface area contributed by atoms with E-state index in [4.69, 9.17) is 15.6 Å². The van der Waals surface area contributed by atoms with Crippen molar-refractivity contribution < 1.29 is 17.9 Å². The minimum absolute atomic E-state index is 0.00127. The van der Waals surface area contributed by atoms with Crippen molar-refractivity contribution in [2.24, 2.45) is 10.9 Å². The molecule has 0 heterocycles. The second-order valence-corrected chi connectivity index (χ2v) is 5.36. The maximum absolute atomic E-state index is 11.5. The first-order valence-corrected chi connectivity index (χ1v) is 6.56. The highest BCUT2D eigenvalue weighted by Gasteiger charge is 2.29. The van der Waals surface area contributed by atoms with Crippen LogP contribution in [0.15, 0.2) is 23.1 Å². The fraction of sp³-hybridized carbons (Fsp3) is 0.300. The van der Waals surface area contributed by atoms with Crippen LogP contribution in [0.3, 0.4) is 0 Å². The number of carbonyl (C=O) groups excluding carboxylic acids is 1. The smallest absolute Gasteiger partial charge is 0.250 e. The van der Waals surface area contributed by atoms with Gasteiger partial charge in [0.2, 0.25) is 15.9 Å². The van der Waals surface area contributed by atoms with E-state index in [1.807, 2.05) is 0 Å². The lowest BCUT2D eigenvalue weighted by Gasteiger charge is -2.11. The Kier molecular flexibility index (Phi) is 2.80. The standard InChI is InChI=1S/C10H12N2O4S/c11-10(13)7-2-1-3-8(16-6-4-5-6)9(7)17(12,14)15/h1-3,6H,4-5H2,(H2,11,13)(H2,12,14,15). The van der Waals surface area contributed by atoms with E-state index in [9.17, 15) is 13.2 Å². The summed E-state index contributed by atoms with van der Waals surface area (Å²) in [6.07, 6.45) is 1.73. The molecule has 1 saturated carbocycles. The van der Waals surface area contributed by atoms with E-state index in [0.717, 1.165) is 12.8 Å². The summed E-state index contributed by atoms with van der Waals surface area (Å²) in [5.41, 5.74) is 4.96. The van der Waals surface area contributed by atoms with E-state index in [1.165, 1.54) is 18.2 Å². The Bertz CT molecular complexity index is 564. The number of benzene rings is 1. The minimum Gasteiger partial charge on any atom is -0.489 e. The first kappa shape index (κ1) is 11.9. The molecule has 2 rings (SSSR count). The molecule has 0 spiro atoms. The third kappa shape index (κ3) is 2.56. The number of carbonyl (C=O) groups is 1. The highest BCUT2D eigenvalue weighted by atomic mass is 32.2. The average Bonchev–Trinajstić information content (AvgIpc) is 2.99. The SMILES string of the molecule is NC(=O)c1cccc(OC2CC2)c1S(N)(=O)=O. The van der Waals surface area contributed by atoms with Gasteiger partial charge in [-0.25, -0.2) is 13.6 Å². The van der Waals surface area contributed by atoms with Crippen molar-refractivity contribution in [1.82, 2.24) is 0 Å². The molecule has 1 aliphatic carbocycles. The summed E-state index contributed by atoms with van der Waals surface area (Å²) in [6.45, 7) is 0. The molecule has 0 radical (unpaired) electrons. The maximum Gasteiger partial charge on any atom is 0.250 e. The number of hydrogen-bond donors (Lipinski definition) is 2. The van der Waals surface area contributed by atoms with Crippen molar-refractivity contribution in [3.05, 3.63) is 23.8 Å². The lowest BCUT2D eigenvalue weighted by Crippen LogP contribution is -2.21. The predicted octanol–water partition coefficient (Wildman–Crippen LogP) is -0.0259. The molecule has 0 bridgehead atoms. The van der Waals surface area contributed by atoms with E-state index in [-0.39, 0.29) is 22.3 Å². The summed E-state index contributed by atoms with van der Waals surface area (Å²) >= 11 is 0. The zero-order valence-corrected chi connectivity index (χ0v) is 9.74. The van der Waals surface area contributed by atoms with E-state index in [0.29, 0.717) is 0 Å². The molecule has 0 atom stereocenters. The van der Waals surface area contributed by atoms with E-state index >= 15 is 0 Å². The van der Waals surface area contributed by atoms with Crippen LogP contribution in [-0.2, 0) is 10.0 Å². The van der Waals surface area contributed by atoms with Gasteiger partial charge in [-0.05, 0) is 25.0 Å². The minimum atomic E-state index is -4.05. The van der Waals surface area contributed by atoms with Gasteiger partial charge in [-0.2, -0.15) is 0 Å². The number of nitrogens with two attached hydrogens (primary N) is 2. The molecule has 1 fully saturated rings. The van der Waals surface area contributed by atoms with Gasteiger partial charge in [-0.1, -0.05) is 6.07 Å². The molecule has 4 N–H and O–H groups in total. The summed E-state index contributed by atoms with van der Waals surface area (Å²) in [5, 5.41) is 5.08. The number of primary sulfonamides is 1. The largest absolute Gasteiger partial charge is 0.489 e. The first-order chi connectivity index (χ1) is 7.89. The van der Waals surface area contributed by atoms with Crippen LogP contribution < -0.4 is 15.6 Å². The number of ether oxygens (including phenoxy) is 1. The molecular formula is C10H12N2O4S. The van der Waals surface area contributed by atoms with Crippen LogP contribution >= 0.6 is 0 Å². The second-order valence-electron chi connectivity index (χ2n) is 3.86. The summed E-state index contributed by atoms with van der Waals surface area (Å²) in [4.78, 5) is 10.8. The Morgan fingerprint density at radius 1 is 1.35 bits per heavy atom. The molecular weight excluding hydrogens is 244 g/mol. The van der Waals surface area contributed by atoms with Crippen molar-refractivity contribution in [3.8, 4) is 5.75 Å². The summed E-state index contributed by atoms with van der Waals surface area (Å²) in [6, 6.07) is 4.28. The quantitative estimate of drug-likeness (QED) is 0.787. The molecule has 0 unspecified atom stereocenters. The third-order valence-electron chi connectivity index (χ3n) is 2.35. The van der Waals surface area contributed by atoms with Gasteiger partial charge < -0.3 is 10.5 Å². The molecule has 0 saturated heterocycles. The molecule has 17 heavy (non-hydrogen) atoms. The van der Waals surface area contributed by atoms with Crippen LogP contribution in [0.4, 0.5) is 0 Å². The molecule has 1 amide bonds. The van der Waals surface area contributed by atoms with E-state index in [2.05, 4.69) is 0 Å². The molecule has 1 aromatic carbocycles. The Balaban J connectivity index is 2.57. The summed E-state index contributed by atoms with van der Waals surface area (Å²) in [7, 11) is -4.05. The van der Waals surface area contributed by atoms with Gasteiger partial charge in [-0.15, -0.1) is 0 Å². The molecule has 92 valence electrons. The fourth-order valence-electron chi connectivity index (χ4n) is 1.46. The molecule has 6 nitrogen and oxygen atoms in total. The third-order valence-corrected chi connectivity index (χ3v) is 3.34. The van der Waals surface area contributed by atoms with Gasteiger partial charge in [0.1, 0.15) is 10.6 Å². The van der Waals surface area contributed by atoms with Crippen molar-refractivity contribution >= 4 is 15.9 Å². The number of primary amides is 1. The monoisotopic (exact) mass is 256 g/mol. The molecule has 7 heteroatoms. The number of hydrogen-bond acceptors (Lipinski definition) is 4. The van der Waals surface area contributed by atoms with E-state index < -0.39 is 15.9 Å². The Morgan fingerprint density at radius 3 is 2.47 bits per heavy atom. The second kappa shape index (κ2) is 4.01. The zero-order chi connectivity index (χ0) is 12.6. The fourth-order valence-corrected chi connectivity index (χ4v) is 2.33. The van der Waals surface area contributed by atoms with Crippen LogP contribution in [0, 0.1) is 0 Å². The topological polar surface area (TPSA) is 112 Å². The van der Waals surface area contributed by atoms with Crippen molar-refractivity contribution in [3.63, 3.8) is 0 Å². The molecule has 0 aromatic heterocycles. The van der Waals surface area contributed by atoms with Crippen LogP contribution in [0.2, 0.25) is 0 Å². The molecule has 0 aliphatic heterocycles. The van der Waals surface area contributed by atoms with Gasteiger partial charge in [0, 0.05) is 0 Å². The van der Waals surface area contributed by atoms with Crippen LogP contribution in [0.5, 0.6) is 5.75 Å². The van der Waals surface area contributed by atoms with Crippen molar-refractivity contribution in [2.75, 3.05) is 0 Å². The Labute approximate surface area is 98.6 Å². The molecule has 1 aromatic rings. The normalized spacial score (nSPS) is 15.6. The predicted molar refractivity (Wildman–Crippen MR) is 60.0 cm³/mol. The van der Waals surface area contributed by atoms with Gasteiger partial charge in [0.15, 0.2) is 0 Å². The van der Waals surface area contributed by atoms with Gasteiger partial charge in [0.05, 0.1) is 11.7 Å². The average molecular weight is 256 g/mol. The van der Waals surface area contributed by atoms with Crippen LogP contribution in [-0.4, -0.2) is 20.4 Å². The van der Waals surface area contributed by atoms with Crippen molar-refractivity contribution in [2.45, 2.75) is 23.8 Å². The van der Waals surface area contributed by atoms with Crippen molar-refractivity contribution in [1.29, 1.82) is 0 Å². The van der Waals surface area contributed by atoms with Crippen LogP contribution in [0.25, 0.3) is 0 Å². The first-order valence-electron chi connectivity index (χ1n) is 5.02. The summed E-state index contributed by atoms with van der Waals surface area (Å²) < 4.78 is 28.3.